The maximum absolute atomic E-state index is 10.6. The first kappa shape index (κ1) is 10.2. The van der Waals surface area contributed by atoms with Crippen LogP contribution in [0.15, 0.2) is 29.2 Å². The van der Waals surface area contributed by atoms with E-state index in [1.807, 2.05) is 13.3 Å². The van der Waals surface area contributed by atoms with E-state index in [2.05, 4.69) is 0 Å². The Hall–Kier alpha value is -0.870. The summed E-state index contributed by atoms with van der Waals surface area (Å²) < 4.78 is 30.0. The van der Waals surface area contributed by atoms with E-state index in [0.717, 1.165) is 12.0 Å². The van der Waals surface area contributed by atoms with Gasteiger partial charge in [0.1, 0.15) is 0 Å². The molecule has 3 nitrogen and oxygen atoms in total. The molecule has 0 heterocycles. The maximum Gasteiger partial charge on any atom is 0.294 e. The van der Waals surface area contributed by atoms with E-state index in [-0.39, 0.29) is 4.90 Å². The summed E-state index contributed by atoms with van der Waals surface area (Å²) in [5.74, 6) is 0. The zero-order valence-corrected chi connectivity index (χ0v) is 8.08. The summed E-state index contributed by atoms with van der Waals surface area (Å²) in [6, 6.07) is 6.09. The Morgan fingerprint density at radius 1 is 1.31 bits per heavy atom. The third-order valence-electron chi connectivity index (χ3n) is 1.62. The van der Waals surface area contributed by atoms with Gasteiger partial charge in [-0.2, -0.15) is 8.42 Å². The molecule has 0 bridgehead atoms. The minimum Gasteiger partial charge on any atom is -0.282 e. The summed E-state index contributed by atoms with van der Waals surface area (Å²) in [4.78, 5) is -0.0687. The van der Waals surface area contributed by atoms with Gasteiger partial charge in [-0.1, -0.05) is 19.1 Å². The predicted molar refractivity (Wildman–Crippen MR) is 49.9 cm³/mol. The minimum absolute atomic E-state index is 0.0687. The highest BCUT2D eigenvalue weighted by Gasteiger charge is 2.07. The van der Waals surface area contributed by atoms with E-state index < -0.39 is 10.1 Å². The maximum atomic E-state index is 10.6. The van der Waals surface area contributed by atoms with Crippen LogP contribution in [0.25, 0.3) is 0 Å². The van der Waals surface area contributed by atoms with Crippen molar-refractivity contribution in [1.82, 2.24) is 0 Å². The Morgan fingerprint density at radius 2 is 1.85 bits per heavy atom. The third-order valence-corrected chi connectivity index (χ3v) is 2.49. The van der Waals surface area contributed by atoms with E-state index >= 15 is 0 Å². The lowest BCUT2D eigenvalue weighted by molar-refractivity contribution is 0.483. The minimum atomic E-state index is -4.05. The van der Waals surface area contributed by atoms with Crippen LogP contribution in [0.5, 0.6) is 0 Å². The second-order valence-corrected chi connectivity index (χ2v) is 4.08. The largest absolute Gasteiger partial charge is 0.294 e. The Bertz CT molecular complexity index is 364. The molecule has 0 unspecified atom stereocenters. The molecule has 0 saturated heterocycles. The van der Waals surface area contributed by atoms with Crippen molar-refractivity contribution in [3.05, 3.63) is 36.2 Å². The van der Waals surface area contributed by atoms with E-state index in [1.54, 1.807) is 12.1 Å². The average Bonchev–Trinajstić information content (AvgIpc) is 2.04. The van der Waals surface area contributed by atoms with Crippen LogP contribution >= 0.6 is 0 Å². The molecule has 0 aliphatic rings. The molecule has 71 valence electrons. The van der Waals surface area contributed by atoms with E-state index in [4.69, 9.17) is 4.55 Å². The summed E-state index contributed by atoms with van der Waals surface area (Å²) in [5.41, 5.74) is 0.954. The van der Waals surface area contributed by atoms with Crippen LogP contribution in [0.3, 0.4) is 0 Å². The molecule has 13 heavy (non-hydrogen) atoms. The molecule has 0 aliphatic carbocycles. The van der Waals surface area contributed by atoms with Gasteiger partial charge in [-0.25, -0.2) is 0 Å². The molecule has 0 amide bonds. The van der Waals surface area contributed by atoms with Gasteiger partial charge < -0.3 is 0 Å². The fourth-order valence-electron chi connectivity index (χ4n) is 1.01. The van der Waals surface area contributed by atoms with Gasteiger partial charge in [-0.3, -0.25) is 4.55 Å². The van der Waals surface area contributed by atoms with Gasteiger partial charge in [0.15, 0.2) is 0 Å². The van der Waals surface area contributed by atoms with Gasteiger partial charge in [0.05, 0.1) is 4.90 Å². The highest BCUT2D eigenvalue weighted by Crippen LogP contribution is 2.11. The molecule has 1 radical (unpaired) electrons. The zero-order valence-electron chi connectivity index (χ0n) is 7.27. The Labute approximate surface area is 78.2 Å². The van der Waals surface area contributed by atoms with Crippen molar-refractivity contribution in [2.75, 3.05) is 0 Å². The van der Waals surface area contributed by atoms with Crippen molar-refractivity contribution in [2.45, 2.75) is 18.2 Å². The molecular formula is C9H11O3S. The molecule has 1 rings (SSSR count). The van der Waals surface area contributed by atoms with Gasteiger partial charge in [0, 0.05) is 0 Å². The molecule has 0 fully saturated rings. The van der Waals surface area contributed by atoms with Crippen LogP contribution in [-0.4, -0.2) is 13.0 Å². The Kier molecular flexibility index (Phi) is 3.06. The average molecular weight is 199 g/mol. The van der Waals surface area contributed by atoms with Crippen LogP contribution in [0.2, 0.25) is 0 Å². The number of benzene rings is 1. The molecule has 1 aromatic rings. The molecule has 0 aromatic heterocycles. The fourth-order valence-corrected chi connectivity index (χ4v) is 1.49. The van der Waals surface area contributed by atoms with Crippen molar-refractivity contribution < 1.29 is 13.0 Å². The lowest BCUT2D eigenvalue weighted by atomic mass is 10.1. The predicted octanol–water partition coefficient (Wildman–Crippen LogP) is 1.90. The molecule has 0 atom stereocenters. The SMILES string of the molecule is CC[CH]c1ccc(S(=O)(=O)O)cc1. The highest BCUT2D eigenvalue weighted by molar-refractivity contribution is 7.85. The summed E-state index contributed by atoms with van der Waals surface area (Å²) in [6.07, 6.45) is 2.86. The molecule has 1 N–H and O–H groups in total. The Balaban J connectivity index is 2.94. The van der Waals surface area contributed by atoms with Gasteiger partial charge in [-0.15, -0.1) is 0 Å². The normalized spacial score (nSPS) is 11.5. The summed E-state index contributed by atoms with van der Waals surface area (Å²) in [5, 5.41) is 0. The zero-order chi connectivity index (χ0) is 9.90. The van der Waals surface area contributed by atoms with Crippen molar-refractivity contribution in [3.8, 4) is 0 Å². The van der Waals surface area contributed by atoms with Crippen LogP contribution in [-0.2, 0) is 10.1 Å². The first-order chi connectivity index (χ1) is 6.04. The van der Waals surface area contributed by atoms with Crippen molar-refractivity contribution in [3.63, 3.8) is 0 Å². The quantitative estimate of drug-likeness (QED) is 0.756. The van der Waals surface area contributed by atoms with Gasteiger partial charge in [0.25, 0.3) is 10.1 Å². The molecule has 0 saturated carbocycles. The smallest absolute Gasteiger partial charge is 0.282 e. The van der Waals surface area contributed by atoms with Crippen LogP contribution < -0.4 is 0 Å². The van der Waals surface area contributed by atoms with Gasteiger partial charge in [-0.05, 0) is 30.5 Å². The second-order valence-electron chi connectivity index (χ2n) is 2.66. The summed E-state index contributed by atoms with van der Waals surface area (Å²) in [7, 11) is -4.05. The van der Waals surface area contributed by atoms with Crippen molar-refractivity contribution in [2.24, 2.45) is 0 Å². The van der Waals surface area contributed by atoms with Gasteiger partial charge >= 0.3 is 0 Å². The third kappa shape index (κ3) is 2.82. The molecule has 1 aromatic carbocycles. The fraction of sp³-hybridized carbons (Fsp3) is 0.222. The standard InChI is InChI=1S/C9H11O3S/c1-2-3-8-4-6-9(7-5-8)13(10,11)12/h3-7H,2H2,1H3,(H,10,11,12). The number of hydrogen-bond donors (Lipinski definition) is 1. The van der Waals surface area contributed by atoms with Crippen LogP contribution in [0.4, 0.5) is 0 Å². The molecule has 0 spiro atoms. The first-order valence-electron chi connectivity index (χ1n) is 3.95. The number of hydrogen-bond acceptors (Lipinski definition) is 2. The van der Waals surface area contributed by atoms with E-state index in [0.29, 0.717) is 0 Å². The van der Waals surface area contributed by atoms with Crippen LogP contribution in [0.1, 0.15) is 18.9 Å². The van der Waals surface area contributed by atoms with Gasteiger partial charge in [0.2, 0.25) is 0 Å². The van der Waals surface area contributed by atoms with Crippen molar-refractivity contribution >= 4 is 10.1 Å². The van der Waals surface area contributed by atoms with Crippen LogP contribution in [0, 0.1) is 6.42 Å². The summed E-state index contributed by atoms with van der Waals surface area (Å²) >= 11 is 0. The van der Waals surface area contributed by atoms with E-state index in [1.165, 1.54) is 12.1 Å². The monoisotopic (exact) mass is 199 g/mol. The Morgan fingerprint density at radius 3 is 2.23 bits per heavy atom. The lowest BCUT2D eigenvalue weighted by Gasteiger charge is -1.99. The number of rotatable bonds is 3. The topological polar surface area (TPSA) is 54.4 Å². The summed E-state index contributed by atoms with van der Waals surface area (Å²) in [6.45, 7) is 2.00. The first-order valence-corrected chi connectivity index (χ1v) is 5.39. The van der Waals surface area contributed by atoms with Crippen molar-refractivity contribution in [1.29, 1.82) is 0 Å². The lowest BCUT2D eigenvalue weighted by Crippen LogP contribution is -1.97. The van der Waals surface area contributed by atoms with E-state index in [9.17, 15) is 8.42 Å². The molecule has 4 heteroatoms. The molecular weight excluding hydrogens is 188 g/mol. The molecule has 0 aliphatic heterocycles. The highest BCUT2D eigenvalue weighted by atomic mass is 32.2. The second kappa shape index (κ2) is 3.89.